The van der Waals surface area contributed by atoms with Crippen molar-refractivity contribution >= 4 is 15.9 Å². The molecule has 0 radical (unpaired) electrons. The van der Waals surface area contributed by atoms with Gasteiger partial charge in [-0.05, 0) is 50.6 Å². The normalized spacial score (nSPS) is 21.4. The third kappa shape index (κ3) is 4.00. The fourth-order valence-electron chi connectivity index (χ4n) is 2.30. The van der Waals surface area contributed by atoms with E-state index in [1.54, 1.807) is 0 Å². The summed E-state index contributed by atoms with van der Waals surface area (Å²) in [7, 11) is 0. The molecule has 2 rings (SSSR count). The molecule has 1 aliphatic heterocycles. The summed E-state index contributed by atoms with van der Waals surface area (Å²) in [5.74, 6) is 0.956. The quantitative estimate of drug-likeness (QED) is 0.840. The van der Waals surface area contributed by atoms with Gasteiger partial charge in [0.05, 0.1) is 0 Å². The van der Waals surface area contributed by atoms with Crippen molar-refractivity contribution in [3.63, 3.8) is 0 Å². The maximum Gasteiger partial charge on any atom is 0.119 e. The van der Waals surface area contributed by atoms with E-state index in [-0.39, 0.29) is 0 Å². The summed E-state index contributed by atoms with van der Waals surface area (Å²) in [5.41, 5.74) is 0. The van der Waals surface area contributed by atoms with E-state index < -0.39 is 0 Å². The van der Waals surface area contributed by atoms with Gasteiger partial charge in [-0.25, -0.2) is 0 Å². The fourth-order valence-corrected chi connectivity index (χ4v) is 2.57. The van der Waals surface area contributed by atoms with E-state index in [1.807, 2.05) is 24.3 Å². The van der Waals surface area contributed by atoms with Crippen LogP contribution in [-0.4, -0.2) is 30.6 Å². The number of rotatable bonds is 4. The Morgan fingerprint density at radius 3 is 2.76 bits per heavy atom. The van der Waals surface area contributed by atoms with Crippen molar-refractivity contribution in [3.05, 3.63) is 28.7 Å². The van der Waals surface area contributed by atoms with E-state index in [0.29, 0.717) is 0 Å². The molecule has 1 aromatic rings. The first-order valence-corrected chi connectivity index (χ1v) is 7.17. The number of hydrogen-bond donors (Lipinski definition) is 0. The molecule has 1 unspecified atom stereocenters. The summed E-state index contributed by atoms with van der Waals surface area (Å²) in [6, 6.07) is 8.75. The SMILES string of the molecule is CC1CCCCN1CCOc1ccc(Br)cc1. The second-order valence-electron chi connectivity index (χ2n) is 4.68. The number of ether oxygens (including phenoxy) is 1. The first kappa shape index (κ1) is 12.9. The molecule has 0 aliphatic carbocycles. The van der Waals surface area contributed by atoms with Gasteiger partial charge in [0, 0.05) is 17.1 Å². The van der Waals surface area contributed by atoms with Crippen molar-refractivity contribution < 1.29 is 4.74 Å². The molecular formula is C14H20BrNO. The molecule has 94 valence electrons. The zero-order valence-electron chi connectivity index (χ0n) is 10.4. The van der Waals surface area contributed by atoms with Crippen LogP contribution < -0.4 is 4.74 Å². The van der Waals surface area contributed by atoms with E-state index in [0.717, 1.165) is 29.4 Å². The Labute approximate surface area is 112 Å². The molecule has 0 spiro atoms. The molecule has 1 atom stereocenters. The zero-order valence-corrected chi connectivity index (χ0v) is 11.9. The maximum atomic E-state index is 5.75. The highest BCUT2D eigenvalue weighted by Gasteiger charge is 2.17. The van der Waals surface area contributed by atoms with Gasteiger partial charge in [-0.15, -0.1) is 0 Å². The lowest BCUT2D eigenvalue weighted by molar-refractivity contribution is 0.133. The number of likely N-dealkylation sites (tertiary alicyclic amines) is 1. The third-order valence-electron chi connectivity index (χ3n) is 3.40. The molecule has 0 saturated carbocycles. The van der Waals surface area contributed by atoms with Crippen LogP contribution in [0.15, 0.2) is 28.7 Å². The van der Waals surface area contributed by atoms with Crippen LogP contribution in [-0.2, 0) is 0 Å². The van der Waals surface area contributed by atoms with Crippen molar-refractivity contribution in [1.29, 1.82) is 0 Å². The highest BCUT2D eigenvalue weighted by molar-refractivity contribution is 9.10. The van der Waals surface area contributed by atoms with Gasteiger partial charge in [0.1, 0.15) is 12.4 Å². The van der Waals surface area contributed by atoms with Gasteiger partial charge in [-0.3, -0.25) is 4.90 Å². The molecule has 1 fully saturated rings. The van der Waals surface area contributed by atoms with E-state index in [4.69, 9.17) is 4.74 Å². The van der Waals surface area contributed by atoms with Gasteiger partial charge in [0.2, 0.25) is 0 Å². The molecule has 0 aromatic heterocycles. The number of piperidine rings is 1. The minimum absolute atomic E-state index is 0.720. The minimum atomic E-state index is 0.720. The largest absolute Gasteiger partial charge is 0.492 e. The summed E-state index contributed by atoms with van der Waals surface area (Å²) in [5, 5.41) is 0. The second kappa shape index (κ2) is 6.41. The Kier molecular flexibility index (Phi) is 4.86. The predicted octanol–water partition coefficient (Wildman–Crippen LogP) is 3.70. The van der Waals surface area contributed by atoms with E-state index in [1.165, 1.54) is 25.8 Å². The van der Waals surface area contributed by atoms with Gasteiger partial charge < -0.3 is 4.74 Å². The average molecular weight is 298 g/mol. The molecule has 1 aromatic carbocycles. The standard InChI is InChI=1S/C14H20BrNO/c1-12-4-2-3-9-16(12)10-11-17-14-7-5-13(15)6-8-14/h5-8,12H,2-4,9-11H2,1H3. The zero-order chi connectivity index (χ0) is 12.1. The Morgan fingerprint density at radius 1 is 1.29 bits per heavy atom. The summed E-state index contributed by atoms with van der Waals surface area (Å²) < 4.78 is 6.84. The van der Waals surface area contributed by atoms with Crippen LogP contribution in [0.25, 0.3) is 0 Å². The Morgan fingerprint density at radius 2 is 2.06 bits per heavy atom. The molecule has 17 heavy (non-hydrogen) atoms. The molecule has 1 heterocycles. The lowest BCUT2D eigenvalue weighted by atomic mass is 10.0. The average Bonchev–Trinajstić information content (AvgIpc) is 2.34. The lowest BCUT2D eigenvalue weighted by Crippen LogP contribution is -2.39. The van der Waals surface area contributed by atoms with Crippen LogP contribution in [0.3, 0.4) is 0 Å². The highest BCUT2D eigenvalue weighted by Crippen LogP contribution is 2.18. The van der Waals surface area contributed by atoms with Crippen molar-refractivity contribution in [2.75, 3.05) is 19.7 Å². The number of benzene rings is 1. The van der Waals surface area contributed by atoms with Crippen LogP contribution in [0.4, 0.5) is 0 Å². The van der Waals surface area contributed by atoms with Crippen LogP contribution in [0.2, 0.25) is 0 Å². The molecule has 3 heteroatoms. The molecule has 2 nitrogen and oxygen atoms in total. The fraction of sp³-hybridized carbons (Fsp3) is 0.571. The van der Waals surface area contributed by atoms with Gasteiger partial charge in [0.15, 0.2) is 0 Å². The minimum Gasteiger partial charge on any atom is -0.492 e. The topological polar surface area (TPSA) is 12.5 Å². The van der Waals surface area contributed by atoms with Crippen LogP contribution in [0.5, 0.6) is 5.75 Å². The molecular weight excluding hydrogens is 278 g/mol. The third-order valence-corrected chi connectivity index (χ3v) is 3.93. The molecule has 1 aliphatic rings. The predicted molar refractivity (Wildman–Crippen MR) is 74.5 cm³/mol. The van der Waals surface area contributed by atoms with E-state index in [9.17, 15) is 0 Å². The molecule has 0 N–H and O–H groups in total. The smallest absolute Gasteiger partial charge is 0.119 e. The van der Waals surface area contributed by atoms with Crippen LogP contribution >= 0.6 is 15.9 Å². The van der Waals surface area contributed by atoms with Crippen molar-refractivity contribution in [1.82, 2.24) is 4.90 Å². The van der Waals surface area contributed by atoms with E-state index >= 15 is 0 Å². The van der Waals surface area contributed by atoms with Gasteiger partial charge in [0.25, 0.3) is 0 Å². The first-order chi connectivity index (χ1) is 8.25. The monoisotopic (exact) mass is 297 g/mol. The molecule has 1 saturated heterocycles. The molecule has 0 amide bonds. The number of nitrogens with zero attached hydrogens (tertiary/aromatic N) is 1. The Bertz CT molecular complexity index is 339. The number of hydrogen-bond acceptors (Lipinski definition) is 2. The second-order valence-corrected chi connectivity index (χ2v) is 5.60. The van der Waals surface area contributed by atoms with Gasteiger partial charge in [-0.1, -0.05) is 22.4 Å². The van der Waals surface area contributed by atoms with Gasteiger partial charge in [-0.2, -0.15) is 0 Å². The van der Waals surface area contributed by atoms with Crippen LogP contribution in [0.1, 0.15) is 26.2 Å². The summed E-state index contributed by atoms with van der Waals surface area (Å²) in [4.78, 5) is 2.53. The van der Waals surface area contributed by atoms with E-state index in [2.05, 4.69) is 27.8 Å². The first-order valence-electron chi connectivity index (χ1n) is 6.38. The summed E-state index contributed by atoms with van der Waals surface area (Å²) in [6.07, 6.45) is 4.05. The Balaban J connectivity index is 1.73. The maximum absolute atomic E-state index is 5.75. The van der Waals surface area contributed by atoms with Crippen molar-refractivity contribution in [2.24, 2.45) is 0 Å². The highest BCUT2D eigenvalue weighted by atomic mass is 79.9. The van der Waals surface area contributed by atoms with Crippen molar-refractivity contribution in [2.45, 2.75) is 32.2 Å². The summed E-state index contributed by atoms with van der Waals surface area (Å²) in [6.45, 7) is 5.37. The van der Waals surface area contributed by atoms with Gasteiger partial charge >= 0.3 is 0 Å². The summed E-state index contributed by atoms with van der Waals surface area (Å²) >= 11 is 3.42. The molecule has 0 bridgehead atoms. The van der Waals surface area contributed by atoms with Crippen molar-refractivity contribution in [3.8, 4) is 5.75 Å². The Hall–Kier alpha value is -0.540. The van der Waals surface area contributed by atoms with Crippen LogP contribution in [0, 0.1) is 0 Å². The number of halogens is 1. The lowest BCUT2D eigenvalue weighted by Gasteiger charge is -2.33.